The van der Waals surface area contributed by atoms with Gasteiger partial charge in [-0.25, -0.2) is 0 Å². The third kappa shape index (κ3) is 4.06. The Morgan fingerprint density at radius 2 is 1.88 bits per heavy atom. The Morgan fingerprint density at radius 3 is 2.38 bits per heavy atom. The maximum Gasteiger partial charge on any atom is 0.0778 e. The molecule has 1 saturated carbocycles. The van der Waals surface area contributed by atoms with Crippen molar-refractivity contribution in [3.63, 3.8) is 0 Å². The van der Waals surface area contributed by atoms with Crippen molar-refractivity contribution >= 4 is 0 Å². The lowest BCUT2D eigenvalue weighted by Gasteiger charge is -2.36. The quantitative estimate of drug-likeness (QED) is 0.720. The van der Waals surface area contributed by atoms with Crippen LogP contribution in [0.3, 0.4) is 0 Å². The first-order valence-electron chi connectivity index (χ1n) is 6.97. The van der Waals surface area contributed by atoms with Crippen LogP contribution < -0.4 is 5.32 Å². The Bertz CT molecular complexity index is 185. The first-order chi connectivity index (χ1) is 7.60. The summed E-state index contributed by atoms with van der Waals surface area (Å²) in [5.74, 6) is 0.920. The molecule has 0 saturated heterocycles. The summed E-state index contributed by atoms with van der Waals surface area (Å²) in [6.07, 6.45) is 6.98. The van der Waals surface area contributed by atoms with E-state index in [0.717, 1.165) is 19.1 Å². The minimum atomic E-state index is -0.0344. The molecule has 1 N–H and O–H groups in total. The van der Waals surface area contributed by atoms with Gasteiger partial charge in [0.1, 0.15) is 0 Å². The van der Waals surface area contributed by atoms with Crippen molar-refractivity contribution in [3.8, 4) is 0 Å². The van der Waals surface area contributed by atoms with Crippen molar-refractivity contribution in [1.29, 1.82) is 0 Å². The highest BCUT2D eigenvalue weighted by atomic mass is 16.5. The van der Waals surface area contributed by atoms with Crippen LogP contribution in [0.5, 0.6) is 0 Å². The van der Waals surface area contributed by atoms with Crippen LogP contribution in [0.4, 0.5) is 0 Å². The summed E-state index contributed by atoms with van der Waals surface area (Å²) in [6.45, 7) is 10.6. The first-order valence-corrected chi connectivity index (χ1v) is 6.97. The Morgan fingerprint density at radius 1 is 1.25 bits per heavy atom. The molecule has 1 aliphatic rings. The fourth-order valence-electron chi connectivity index (χ4n) is 2.91. The molecule has 96 valence electrons. The summed E-state index contributed by atoms with van der Waals surface area (Å²) >= 11 is 0. The van der Waals surface area contributed by atoms with E-state index in [0.29, 0.717) is 6.04 Å². The zero-order valence-corrected chi connectivity index (χ0v) is 11.5. The van der Waals surface area contributed by atoms with Gasteiger partial charge in [0.15, 0.2) is 0 Å². The zero-order chi connectivity index (χ0) is 12.0. The molecule has 1 rings (SSSR count). The van der Waals surface area contributed by atoms with Crippen LogP contribution >= 0.6 is 0 Å². The fraction of sp³-hybridized carbons (Fsp3) is 1.00. The van der Waals surface area contributed by atoms with Crippen molar-refractivity contribution in [2.75, 3.05) is 13.2 Å². The van der Waals surface area contributed by atoms with E-state index in [9.17, 15) is 0 Å². The summed E-state index contributed by atoms with van der Waals surface area (Å²) in [4.78, 5) is 0. The zero-order valence-electron chi connectivity index (χ0n) is 11.5. The molecular formula is C14H29NO. The molecule has 0 aromatic heterocycles. The van der Waals surface area contributed by atoms with E-state index in [1.54, 1.807) is 0 Å². The highest BCUT2D eigenvalue weighted by Crippen LogP contribution is 2.31. The Balaban J connectivity index is 2.50. The topological polar surface area (TPSA) is 21.3 Å². The molecule has 0 aromatic rings. The first kappa shape index (κ1) is 14.0. The molecule has 0 radical (unpaired) electrons. The summed E-state index contributed by atoms with van der Waals surface area (Å²) < 4.78 is 5.89. The average molecular weight is 227 g/mol. The van der Waals surface area contributed by atoms with E-state index in [2.05, 4.69) is 33.0 Å². The Kier molecular flexibility index (Phi) is 5.77. The van der Waals surface area contributed by atoms with Gasteiger partial charge in [0, 0.05) is 12.6 Å². The van der Waals surface area contributed by atoms with Crippen LogP contribution in [0.25, 0.3) is 0 Å². The summed E-state index contributed by atoms with van der Waals surface area (Å²) in [6, 6.07) is 0.501. The molecule has 0 aliphatic heterocycles. The Labute approximate surface area is 101 Å². The summed E-state index contributed by atoms with van der Waals surface area (Å²) in [5.41, 5.74) is -0.0344. The van der Waals surface area contributed by atoms with Gasteiger partial charge in [-0.15, -0.1) is 0 Å². The third-order valence-corrected chi connectivity index (χ3v) is 3.85. The second-order valence-electron chi connectivity index (χ2n) is 5.53. The van der Waals surface area contributed by atoms with Crippen LogP contribution in [0.15, 0.2) is 0 Å². The maximum absolute atomic E-state index is 5.89. The molecule has 0 bridgehead atoms. The van der Waals surface area contributed by atoms with Crippen LogP contribution in [0, 0.1) is 5.92 Å². The monoisotopic (exact) mass is 227 g/mol. The molecule has 0 spiro atoms. The van der Waals surface area contributed by atoms with Crippen LogP contribution in [-0.2, 0) is 4.74 Å². The largest absolute Gasteiger partial charge is 0.374 e. The summed E-state index contributed by atoms with van der Waals surface area (Å²) in [7, 11) is 0. The highest BCUT2D eigenvalue weighted by Gasteiger charge is 2.32. The average Bonchev–Trinajstić information content (AvgIpc) is 2.69. The maximum atomic E-state index is 5.89. The molecule has 2 heteroatoms. The SMILES string of the molecule is CCNC(CC1CCCC1)C(C)(C)OCC. The normalized spacial score (nSPS) is 20.2. The fourth-order valence-corrected chi connectivity index (χ4v) is 2.91. The predicted octanol–water partition coefficient (Wildman–Crippen LogP) is 3.36. The third-order valence-electron chi connectivity index (χ3n) is 3.85. The number of hydrogen-bond donors (Lipinski definition) is 1. The van der Waals surface area contributed by atoms with Crippen molar-refractivity contribution in [2.24, 2.45) is 5.92 Å². The van der Waals surface area contributed by atoms with E-state index in [1.807, 2.05) is 0 Å². The molecule has 2 nitrogen and oxygen atoms in total. The van der Waals surface area contributed by atoms with Gasteiger partial charge in [-0.2, -0.15) is 0 Å². The van der Waals surface area contributed by atoms with Gasteiger partial charge in [0.05, 0.1) is 5.60 Å². The second-order valence-corrected chi connectivity index (χ2v) is 5.53. The predicted molar refractivity (Wildman–Crippen MR) is 69.7 cm³/mol. The van der Waals surface area contributed by atoms with Crippen LogP contribution in [-0.4, -0.2) is 24.8 Å². The Hall–Kier alpha value is -0.0800. The van der Waals surface area contributed by atoms with E-state index in [4.69, 9.17) is 4.74 Å². The van der Waals surface area contributed by atoms with E-state index >= 15 is 0 Å². The van der Waals surface area contributed by atoms with Gasteiger partial charge in [0.25, 0.3) is 0 Å². The van der Waals surface area contributed by atoms with Crippen molar-refractivity contribution in [2.45, 2.75) is 71.4 Å². The van der Waals surface area contributed by atoms with Crippen molar-refractivity contribution in [1.82, 2.24) is 5.32 Å². The second kappa shape index (κ2) is 6.61. The molecule has 1 unspecified atom stereocenters. The smallest absolute Gasteiger partial charge is 0.0778 e. The van der Waals surface area contributed by atoms with Crippen LogP contribution in [0.1, 0.15) is 59.8 Å². The van der Waals surface area contributed by atoms with Gasteiger partial charge in [-0.1, -0.05) is 32.6 Å². The number of nitrogens with one attached hydrogen (secondary N) is 1. The minimum Gasteiger partial charge on any atom is -0.374 e. The van der Waals surface area contributed by atoms with Gasteiger partial charge < -0.3 is 10.1 Å². The minimum absolute atomic E-state index is 0.0344. The van der Waals surface area contributed by atoms with Crippen molar-refractivity contribution in [3.05, 3.63) is 0 Å². The van der Waals surface area contributed by atoms with Gasteiger partial charge in [-0.05, 0) is 39.7 Å². The lowest BCUT2D eigenvalue weighted by Crippen LogP contribution is -2.49. The molecule has 1 fully saturated rings. The van der Waals surface area contributed by atoms with E-state index in [1.165, 1.54) is 32.1 Å². The highest BCUT2D eigenvalue weighted by molar-refractivity contribution is 4.88. The molecule has 1 aliphatic carbocycles. The summed E-state index contributed by atoms with van der Waals surface area (Å²) in [5, 5.41) is 3.61. The molecular weight excluding hydrogens is 198 g/mol. The van der Waals surface area contributed by atoms with E-state index < -0.39 is 0 Å². The van der Waals surface area contributed by atoms with Gasteiger partial charge in [-0.3, -0.25) is 0 Å². The molecule has 0 amide bonds. The van der Waals surface area contributed by atoms with Gasteiger partial charge in [0.2, 0.25) is 0 Å². The molecule has 1 atom stereocenters. The molecule has 0 heterocycles. The van der Waals surface area contributed by atoms with Crippen LogP contribution in [0.2, 0.25) is 0 Å². The number of likely N-dealkylation sites (N-methyl/N-ethyl adjacent to an activating group) is 1. The lowest BCUT2D eigenvalue weighted by molar-refractivity contribution is -0.0431. The number of rotatable bonds is 7. The number of hydrogen-bond acceptors (Lipinski definition) is 2. The van der Waals surface area contributed by atoms with Gasteiger partial charge >= 0.3 is 0 Å². The van der Waals surface area contributed by atoms with Crippen molar-refractivity contribution < 1.29 is 4.74 Å². The van der Waals surface area contributed by atoms with E-state index in [-0.39, 0.29) is 5.60 Å². The molecule has 0 aromatic carbocycles. The standard InChI is InChI=1S/C14H29NO/c1-5-15-13(14(3,4)16-6-2)11-12-9-7-8-10-12/h12-13,15H,5-11H2,1-4H3. The molecule has 16 heavy (non-hydrogen) atoms. The number of ether oxygens (including phenoxy) is 1. The lowest BCUT2D eigenvalue weighted by atomic mass is 9.88.